The van der Waals surface area contributed by atoms with Crippen LogP contribution in [-0.2, 0) is 6.42 Å². The molecule has 24 heavy (non-hydrogen) atoms. The van der Waals surface area contributed by atoms with Gasteiger partial charge in [-0.3, -0.25) is 14.7 Å². The largest absolute Gasteiger partial charge is 0.356 e. The summed E-state index contributed by atoms with van der Waals surface area (Å²) >= 11 is 5.79. The van der Waals surface area contributed by atoms with Crippen molar-refractivity contribution >= 4 is 29.0 Å². The number of carbonyl (C=O) groups excluding carboxylic acids is 1. The molecule has 0 saturated carbocycles. The number of amides is 1. The molecule has 6 nitrogen and oxygen atoms in total. The lowest BCUT2D eigenvalue weighted by molar-refractivity contribution is 0.0767. The molecule has 3 heterocycles. The normalized spacial score (nSPS) is 16.8. The molecule has 1 amide bonds. The summed E-state index contributed by atoms with van der Waals surface area (Å²) in [5.74, 6) is -1.31. The molecule has 0 aliphatic carbocycles. The van der Waals surface area contributed by atoms with Gasteiger partial charge in [0.15, 0.2) is 16.8 Å². The number of aliphatic hydroxyl groups is 1. The maximum absolute atomic E-state index is 13.7. The lowest BCUT2D eigenvalue weighted by Crippen LogP contribution is -2.51. The van der Waals surface area contributed by atoms with Crippen LogP contribution in [0, 0.1) is 12.7 Å². The fourth-order valence-electron chi connectivity index (χ4n) is 2.77. The molecule has 0 radical (unpaired) electrons. The Balaban J connectivity index is 2.25. The lowest BCUT2D eigenvalue weighted by atomic mass is 10.1. The molecule has 8 heteroatoms. The van der Waals surface area contributed by atoms with Gasteiger partial charge in [-0.15, -0.1) is 0 Å². The molecule has 1 aliphatic heterocycles. The van der Waals surface area contributed by atoms with Gasteiger partial charge in [0, 0.05) is 6.20 Å². The van der Waals surface area contributed by atoms with Crippen molar-refractivity contribution in [3.63, 3.8) is 0 Å². The van der Waals surface area contributed by atoms with Crippen LogP contribution in [0.3, 0.4) is 0 Å². The molecule has 2 aromatic heterocycles. The highest BCUT2D eigenvalue weighted by Gasteiger charge is 2.35. The Hall–Kier alpha value is -2.25. The molecule has 0 saturated heterocycles. The maximum atomic E-state index is 13.7. The van der Waals surface area contributed by atoms with E-state index < -0.39 is 18.1 Å². The molecule has 2 N–H and O–H groups in total. The van der Waals surface area contributed by atoms with Crippen LogP contribution in [-0.4, -0.2) is 27.3 Å². The number of hydrogen-bond acceptors (Lipinski definition) is 5. The van der Waals surface area contributed by atoms with Gasteiger partial charge in [-0.25, -0.2) is 9.37 Å². The highest BCUT2D eigenvalue weighted by Crippen LogP contribution is 2.36. The number of anilines is 2. The van der Waals surface area contributed by atoms with Crippen LogP contribution in [0.1, 0.15) is 35.0 Å². The van der Waals surface area contributed by atoms with E-state index in [0.717, 1.165) is 23.7 Å². The first-order valence-electron chi connectivity index (χ1n) is 7.52. The van der Waals surface area contributed by atoms with Gasteiger partial charge in [0.1, 0.15) is 0 Å². The summed E-state index contributed by atoms with van der Waals surface area (Å²) in [7, 11) is 0. The van der Waals surface area contributed by atoms with E-state index in [9.17, 15) is 14.3 Å². The highest BCUT2D eigenvalue weighted by atomic mass is 35.5. The van der Waals surface area contributed by atoms with Gasteiger partial charge in [0.05, 0.1) is 16.9 Å². The van der Waals surface area contributed by atoms with Crippen molar-refractivity contribution in [2.45, 2.75) is 33.0 Å². The predicted octanol–water partition coefficient (Wildman–Crippen LogP) is 2.69. The lowest BCUT2D eigenvalue weighted by Gasteiger charge is -2.36. The summed E-state index contributed by atoms with van der Waals surface area (Å²) in [5.41, 5.74) is 2.23. The van der Waals surface area contributed by atoms with Crippen LogP contribution in [0.25, 0.3) is 0 Å². The Labute approximate surface area is 143 Å². The fourth-order valence-corrected chi connectivity index (χ4v) is 2.90. The summed E-state index contributed by atoms with van der Waals surface area (Å²) in [6, 6.07) is 2.81. The van der Waals surface area contributed by atoms with Crippen molar-refractivity contribution in [1.82, 2.24) is 15.3 Å². The number of aliphatic hydroxyl groups excluding tert-OH is 1. The van der Waals surface area contributed by atoms with Gasteiger partial charge in [-0.2, -0.15) is 0 Å². The Bertz CT molecular complexity index is 815. The molecule has 1 unspecified atom stereocenters. The van der Waals surface area contributed by atoms with Crippen molar-refractivity contribution in [2.24, 2.45) is 0 Å². The number of pyridine rings is 2. The highest BCUT2D eigenvalue weighted by molar-refractivity contribution is 6.29. The summed E-state index contributed by atoms with van der Waals surface area (Å²) < 4.78 is 13.7. The van der Waals surface area contributed by atoms with Crippen LogP contribution < -0.4 is 10.2 Å². The molecule has 2 aromatic rings. The predicted molar refractivity (Wildman–Crippen MR) is 87.8 cm³/mol. The quantitative estimate of drug-likeness (QED) is 0.832. The molecule has 0 aromatic carbocycles. The van der Waals surface area contributed by atoms with Gasteiger partial charge >= 0.3 is 0 Å². The van der Waals surface area contributed by atoms with Crippen molar-refractivity contribution in [1.29, 1.82) is 0 Å². The minimum Gasteiger partial charge on any atom is -0.356 e. The zero-order chi connectivity index (χ0) is 17.4. The molecule has 1 aliphatic rings. The first kappa shape index (κ1) is 16.6. The summed E-state index contributed by atoms with van der Waals surface area (Å²) in [6.07, 6.45) is 1.87. The van der Waals surface area contributed by atoms with Crippen LogP contribution in [0.4, 0.5) is 15.9 Å². The second-order valence-electron chi connectivity index (χ2n) is 5.52. The number of aromatic nitrogens is 2. The first-order chi connectivity index (χ1) is 11.4. The van der Waals surface area contributed by atoms with E-state index >= 15 is 0 Å². The minimum absolute atomic E-state index is 0.00732. The zero-order valence-electron chi connectivity index (χ0n) is 13.2. The van der Waals surface area contributed by atoms with Gasteiger partial charge in [0.2, 0.25) is 6.35 Å². The van der Waals surface area contributed by atoms with E-state index in [0.29, 0.717) is 12.1 Å². The maximum Gasteiger partial charge on any atom is 0.258 e. The van der Waals surface area contributed by atoms with Crippen LogP contribution in [0.15, 0.2) is 18.3 Å². The molecule has 126 valence electrons. The Kier molecular flexibility index (Phi) is 4.38. The summed E-state index contributed by atoms with van der Waals surface area (Å²) in [6.45, 7) is 3.88. The van der Waals surface area contributed by atoms with Gasteiger partial charge in [0.25, 0.3) is 5.91 Å². The van der Waals surface area contributed by atoms with Crippen LogP contribution in [0.5, 0.6) is 0 Å². The van der Waals surface area contributed by atoms with Crippen molar-refractivity contribution in [3.05, 3.63) is 46.1 Å². The Morgan fingerprint density at radius 2 is 2.25 bits per heavy atom. The number of nitrogens with one attached hydrogen (secondary N) is 1. The Morgan fingerprint density at radius 1 is 1.50 bits per heavy atom. The average molecular weight is 351 g/mol. The van der Waals surface area contributed by atoms with E-state index in [1.165, 1.54) is 4.90 Å². The fraction of sp³-hybridized carbons (Fsp3) is 0.312. The molecular formula is C16H16ClFN4O2. The van der Waals surface area contributed by atoms with Crippen LogP contribution in [0.2, 0.25) is 5.15 Å². The van der Waals surface area contributed by atoms with E-state index in [-0.39, 0.29) is 16.5 Å². The van der Waals surface area contributed by atoms with E-state index in [1.807, 2.05) is 13.8 Å². The van der Waals surface area contributed by atoms with Crippen molar-refractivity contribution in [2.75, 3.05) is 4.90 Å². The molecular weight excluding hydrogens is 335 g/mol. The number of halogens is 2. The molecule has 0 spiro atoms. The number of carbonyl (C=O) groups is 1. The van der Waals surface area contributed by atoms with Gasteiger partial charge in [-0.05, 0) is 31.0 Å². The third kappa shape index (κ3) is 2.70. The molecule has 1 atom stereocenters. The van der Waals surface area contributed by atoms with E-state index in [2.05, 4.69) is 15.3 Å². The first-order valence-corrected chi connectivity index (χ1v) is 7.90. The SMILES string of the molecule is CCCc1nccc(C)c1N1c2nc(Cl)c(F)cc2C(=O)NC1O. The second kappa shape index (κ2) is 6.33. The number of fused-ring (bicyclic) bond motifs is 1. The standard InChI is InChI=1S/C16H16ClFN4O2/c1-3-4-11-12(8(2)5-6-19-11)22-14-9(15(23)21-16(22)24)7-10(18)13(17)20-14/h5-7,16,24H,3-4H2,1-2H3,(H,21,23). The third-order valence-corrected chi connectivity index (χ3v) is 4.09. The summed E-state index contributed by atoms with van der Waals surface area (Å²) in [4.78, 5) is 21.8. The topological polar surface area (TPSA) is 78.4 Å². The van der Waals surface area contributed by atoms with E-state index in [4.69, 9.17) is 11.6 Å². The Morgan fingerprint density at radius 3 is 2.96 bits per heavy atom. The molecule has 0 bridgehead atoms. The van der Waals surface area contributed by atoms with Crippen molar-refractivity contribution in [3.8, 4) is 0 Å². The smallest absolute Gasteiger partial charge is 0.258 e. The number of hydrogen-bond donors (Lipinski definition) is 2. The average Bonchev–Trinajstić information content (AvgIpc) is 2.52. The molecule has 0 fully saturated rings. The summed E-state index contributed by atoms with van der Waals surface area (Å²) in [5, 5.41) is 12.4. The molecule has 3 rings (SSSR count). The van der Waals surface area contributed by atoms with E-state index in [1.54, 1.807) is 12.3 Å². The second-order valence-corrected chi connectivity index (χ2v) is 5.88. The van der Waals surface area contributed by atoms with Crippen molar-refractivity contribution < 1.29 is 14.3 Å². The number of nitrogens with zero attached hydrogens (tertiary/aromatic N) is 3. The minimum atomic E-state index is -1.35. The third-order valence-electron chi connectivity index (χ3n) is 3.82. The number of rotatable bonds is 3. The van der Waals surface area contributed by atoms with Gasteiger partial charge < -0.3 is 10.4 Å². The van der Waals surface area contributed by atoms with Gasteiger partial charge in [-0.1, -0.05) is 24.9 Å². The number of aryl methyl sites for hydroxylation is 2. The zero-order valence-corrected chi connectivity index (χ0v) is 13.9. The van der Waals surface area contributed by atoms with Crippen LogP contribution >= 0.6 is 11.6 Å². The monoisotopic (exact) mass is 350 g/mol.